The van der Waals surface area contributed by atoms with Gasteiger partial charge < -0.3 is 10.2 Å². The summed E-state index contributed by atoms with van der Waals surface area (Å²) in [5.74, 6) is 0.0489. The van der Waals surface area contributed by atoms with E-state index in [0.29, 0.717) is 19.0 Å². The van der Waals surface area contributed by atoms with Crippen LogP contribution < -0.4 is 10.2 Å². The summed E-state index contributed by atoms with van der Waals surface area (Å²) < 4.78 is 12.6. The maximum absolute atomic E-state index is 12.6. The number of nitrogens with one attached hydrogen (secondary N) is 1. The first-order valence-corrected chi connectivity index (χ1v) is 5.59. The zero-order valence-electron chi connectivity index (χ0n) is 9.85. The number of halogens is 1. The van der Waals surface area contributed by atoms with Gasteiger partial charge in [-0.05, 0) is 13.8 Å². The van der Waals surface area contributed by atoms with Crippen LogP contribution in [-0.2, 0) is 4.79 Å². The van der Waals surface area contributed by atoms with Gasteiger partial charge in [-0.3, -0.25) is 4.79 Å². The quantitative estimate of drug-likeness (QED) is 0.836. The average Bonchev–Trinajstić information content (AvgIpc) is 2.17. The first kappa shape index (κ1) is 11.8. The van der Waals surface area contributed by atoms with Crippen LogP contribution in [0.2, 0.25) is 0 Å². The minimum Gasteiger partial charge on any atom is -0.354 e. The van der Waals surface area contributed by atoms with Gasteiger partial charge in [-0.25, -0.2) is 14.4 Å². The zero-order valence-corrected chi connectivity index (χ0v) is 9.85. The van der Waals surface area contributed by atoms with E-state index in [4.69, 9.17) is 0 Å². The molecule has 0 bridgehead atoms. The molecule has 0 spiro atoms. The molecule has 1 N–H and O–H groups in total. The van der Waals surface area contributed by atoms with Crippen LogP contribution in [0.25, 0.3) is 0 Å². The molecule has 2 rings (SSSR count). The molecule has 1 aliphatic heterocycles. The molecule has 1 amide bonds. The normalized spacial score (nSPS) is 15.9. The molecule has 5 nitrogen and oxygen atoms in total. The number of amides is 1. The summed E-state index contributed by atoms with van der Waals surface area (Å²) >= 11 is 0. The van der Waals surface area contributed by atoms with Crippen LogP contribution in [0.4, 0.5) is 10.3 Å². The first-order chi connectivity index (χ1) is 8.06. The van der Waals surface area contributed by atoms with E-state index in [-0.39, 0.29) is 17.9 Å². The zero-order chi connectivity index (χ0) is 12.4. The fourth-order valence-electron chi connectivity index (χ4n) is 1.68. The van der Waals surface area contributed by atoms with Crippen LogP contribution in [0.1, 0.15) is 13.8 Å². The van der Waals surface area contributed by atoms with Crippen LogP contribution in [0.15, 0.2) is 12.4 Å². The van der Waals surface area contributed by atoms with Gasteiger partial charge in [-0.2, -0.15) is 0 Å². The van der Waals surface area contributed by atoms with E-state index in [1.807, 2.05) is 18.7 Å². The molecule has 0 unspecified atom stereocenters. The van der Waals surface area contributed by atoms with Gasteiger partial charge in [0.1, 0.15) is 0 Å². The van der Waals surface area contributed by atoms with Gasteiger partial charge in [0, 0.05) is 19.1 Å². The van der Waals surface area contributed by atoms with Crippen LogP contribution in [0, 0.1) is 11.7 Å². The van der Waals surface area contributed by atoms with Crippen molar-refractivity contribution in [2.75, 3.05) is 18.0 Å². The minimum absolute atomic E-state index is 0.0222. The van der Waals surface area contributed by atoms with E-state index in [9.17, 15) is 9.18 Å². The highest BCUT2D eigenvalue weighted by molar-refractivity contribution is 5.81. The largest absolute Gasteiger partial charge is 0.354 e. The molecule has 1 aromatic heterocycles. The third-order valence-electron chi connectivity index (χ3n) is 2.57. The van der Waals surface area contributed by atoms with Crippen LogP contribution in [-0.4, -0.2) is 35.0 Å². The van der Waals surface area contributed by atoms with Crippen molar-refractivity contribution in [3.63, 3.8) is 0 Å². The van der Waals surface area contributed by atoms with Crippen molar-refractivity contribution in [3.05, 3.63) is 18.2 Å². The topological polar surface area (TPSA) is 58.1 Å². The Morgan fingerprint density at radius 2 is 2.06 bits per heavy atom. The third kappa shape index (κ3) is 2.69. The lowest BCUT2D eigenvalue weighted by Gasteiger charge is -2.38. The lowest BCUT2D eigenvalue weighted by Crippen LogP contribution is -2.55. The second-order valence-corrected chi connectivity index (χ2v) is 4.47. The number of anilines is 1. The van der Waals surface area contributed by atoms with Crippen LogP contribution >= 0.6 is 0 Å². The molecule has 1 saturated heterocycles. The Balaban J connectivity index is 1.86. The molecule has 17 heavy (non-hydrogen) atoms. The average molecular weight is 238 g/mol. The van der Waals surface area contributed by atoms with Crippen molar-refractivity contribution in [1.82, 2.24) is 15.3 Å². The summed E-state index contributed by atoms with van der Waals surface area (Å²) in [6.45, 7) is 5.03. The second kappa shape index (κ2) is 4.65. The van der Waals surface area contributed by atoms with E-state index in [2.05, 4.69) is 15.3 Å². The monoisotopic (exact) mass is 238 g/mol. The minimum atomic E-state index is -0.455. The highest BCUT2D eigenvalue weighted by Crippen LogP contribution is 2.20. The van der Waals surface area contributed by atoms with Gasteiger partial charge in [0.25, 0.3) is 0 Å². The van der Waals surface area contributed by atoms with Crippen molar-refractivity contribution in [2.45, 2.75) is 19.9 Å². The van der Waals surface area contributed by atoms with E-state index in [0.717, 1.165) is 12.4 Å². The SMILES string of the molecule is CC(C)NC(=O)C1CN(c2ncc(F)cn2)C1. The third-order valence-corrected chi connectivity index (χ3v) is 2.57. The van der Waals surface area contributed by atoms with E-state index in [1.54, 1.807) is 0 Å². The number of aromatic nitrogens is 2. The standard InChI is InChI=1S/C11H15FN4O/c1-7(2)15-10(17)8-5-16(6-8)11-13-3-9(12)4-14-11/h3-4,7-8H,5-6H2,1-2H3,(H,15,17). The van der Waals surface area contributed by atoms with Gasteiger partial charge in [0.15, 0.2) is 5.82 Å². The van der Waals surface area contributed by atoms with Crippen molar-refractivity contribution in [3.8, 4) is 0 Å². The van der Waals surface area contributed by atoms with Crippen molar-refractivity contribution < 1.29 is 9.18 Å². The molecule has 6 heteroatoms. The summed E-state index contributed by atoms with van der Waals surface area (Å²) in [5.41, 5.74) is 0. The fourth-order valence-corrected chi connectivity index (χ4v) is 1.68. The van der Waals surface area contributed by atoms with Gasteiger partial charge in [0.05, 0.1) is 18.3 Å². The summed E-state index contributed by atoms with van der Waals surface area (Å²) in [6, 6.07) is 0.152. The number of carbonyl (C=O) groups excluding carboxylic acids is 1. The lowest BCUT2D eigenvalue weighted by molar-refractivity contribution is -0.126. The summed E-state index contributed by atoms with van der Waals surface area (Å²) in [4.78, 5) is 21.2. The Morgan fingerprint density at radius 1 is 1.47 bits per heavy atom. The summed E-state index contributed by atoms with van der Waals surface area (Å²) in [5, 5.41) is 2.86. The van der Waals surface area contributed by atoms with Gasteiger partial charge in [-0.15, -0.1) is 0 Å². The predicted molar refractivity (Wildman–Crippen MR) is 61.0 cm³/mol. The number of carbonyl (C=O) groups is 1. The lowest BCUT2D eigenvalue weighted by atomic mass is 9.99. The smallest absolute Gasteiger partial charge is 0.226 e. The number of nitrogens with zero attached hydrogens (tertiary/aromatic N) is 3. The molecule has 1 aromatic rings. The fraction of sp³-hybridized carbons (Fsp3) is 0.545. The maximum atomic E-state index is 12.6. The van der Waals surface area contributed by atoms with Crippen molar-refractivity contribution >= 4 is 11.9 Å². The van der Waals surface area contributed by atoms with Gasteiger partial charge >= 0.3 is 0 Å². The number of rotatable bonds is 3. The van der Waals surface area contributed by atoms with Crippen LogP contribution in [0.5, 0.6) is 0 Å². The Labute approximate surface area is 99.1 Å². The molecule has 0 saturated carbocycles. The molecule has 1 aliphatic rings. The summed E-state index contributed by atoms with van der Waals surface area (Å²) in [7, 11) is 0. The predicted octanol–water partition coefficient (Wildman–Crippen LogP) is 0.576. The van der Waals surface area contributed by atoms with E-state index < -0.39 is 5.82 Å². The first-order valence-electron chi connectivity index (χ1n) is 5.59. The van der Waals surface area contributed by atoms with Gasteiger partial charge in [-0.1, -0.05) is 0 Å². The number of hydrogen-bond donors (Lipinski definition) is 1. The van der Waals surface area contributed by atoms with E-state index >= 15 is 0 Å². The molecule has 92 valence electrons. The molecule has 0 aliphatic carbocycles. The number of hydrogen-bond acceptors (Lipinski definition) is 4. The molecular formula is C11H15FN4O. The highest BCUT2D eigenvalue weighted by atomic mass is 19.1. The van der Waals surface area contributed by atoms with Crippen molar-refractivity contribution in [2.24, 2.45) is 5.92 Å². The van der Waals surface area contributed by atoms with Crippen molar-refractivity contribution in [1.29, 1.82) is 0 Å². The Bertz CT molecular complexity index is 400. The molecule has 2 heterocycles. The van der Waals surface area contributed by atoms with Crippen LogP contribution in [0.3, 0.4) is 0 Å². The Hall–Kier alpha value is -1.72. The molecular weight excluding hydrogens is 223 g/mol. The molecule has 0 atom stereocenters. The highest BCUT2D eigenvalue weighted by Gasteiger charge is 2.34. The van der Waals surface area contributed by atoms with Gasteiger partial charge in [0.2, 0.25) is 11.9 Å². The molecule has 0 radical (unpaired) electrons. The van der Waals surface area contributed by atoms with E-state index in [1.165, 1.54) is 0 Å². The summed E-state index contributed by atoms with van der Waals surface area (Å²) in [6.07, 6.45) is 2.26. The molecule has 0 aromatic carbocycles. The maximum Gasteiger partial charge on any atom is 0.226 e. The Morgan fingerprint density at radius 3 is 2.59 bits per heavy atom. The Kier molecular flexibility index (Phi) is 3.21. The molecule has 1 fully saturated rings. The second-order valence-electron chi connectivity index (χ2n) is 4.47.